The number of rotatable bonds is 2. The standard InChI is InChI=1S/C16H9ClN8O/c17-12-4-2-1-3-10(12)14-21-16-18-7-11-13(25(16)22-14)5-6-24(15(11)26)23-8-19-20-9-23/h1-9H. The molecule has 0 N–H and O–H groups in total. The monoisotopic (exact) mass is 364 g/mol. The zero-order valence-corrected chi connectivity index (χ0v) is 13.8. The van der Waals surface area contributed by atoms with Crippen LogP contribution in [-0.2, 0) is 0 Å². The van der Waals surface area contributed by atoms with E-state index in [9.17, 15) is 4.79 Å². The molecular weight excluding hydrogens is 356 g/mol. The molecule has 4 heterocycles. The summed E-state index contributed by atoms with van der Waals surface area (Å²) in [5.74, 6) is 0.826. The highest BCUT2D eigenvalue weighted by Gasteiger charge is 2.14. The number of pyridine rings is 1. The van der Waals surface area contributed by atoms with Crippen molar-refractivity contribution in [3.05, 3.63) is 70.8 Å². The second-order valence-electron chi connectivity index (χ2n) is 5.49. The Morgan fingerprint density at radius 3 is 2.65 bits per heavy atom. The van der Waals surface area contributed by atoms with E-state index < -0.39 is 0 Å². The van der Waals surface area contributed by atoms with Gasteiger partial charge in [0.15, 0.2) is 5.82 Å². The van der Waals surface area contributed by atoms with E-state index in [4.69, 9.17) is 11.6 Å². The molecule has 0 saturated carbocycles. The highest BCUT2D eigenvalue weighted by molar-refractivity contribution is 6.33. The van der Waals surface area contributed by atoms with Gasteiger partial charge in [0.2, 0.25) is 0 Å². The lowest BCUT2D eigenvalue weighted by Gasteiger charge is -2.06. The maximum atomic E-state index is 12.8. The number of benzene rings is 1. The van der Waals surface area contributed by atoms with Crippen LogP contribution in [-0.4, -0.2) is 39.1 Å². The van der Waals surface area contributed by atoms with E-state index >= 15 is 0 Å². The first-order valence-electron chi connectivity index (χ1n) is 7.60. The molecule has 0 fully saturated rings. The molecule has 1 aromatic carbocycles. The van der Waals surface area contributed by atoms with Crippen molar-refractivity contribution in [2.24, 2.45) is 0 Å². The lowest BCUT2D eigenvalue weighted by molar-refractivity contribution is 0.632. The SMILES string of the molecule is O=c1c2cnc3nc(-c4ccccc4Cl)nn3c2ccn1-n1cnnc1. The third-order valence-electron chi connectivity index (χ3n) is 3.99. The van der Waals surface area contributed by atoms with Crippen molar-refractivity contribution in [1.82, 2.24) is 39.1 Å². The molecule has 0 atom stereocenters. The van der Waals surface area contributed by atoms with E-state index in [0.717, 1.165) is 0 Å². The predicted molar refractivity (Wildman–Crippen MR) is 93.8 cm³/mol. The van der Waals surface area contributed by atoms with Crippen molar-refractivity contribution in [3.8, 4) is 11.4 Å². The van der Waals surface area contributed by atoms with Crippen LogP contribution in [0.2, 0.25) is 5.02 Å². The molecule has 126 valence electrons. The van der Waals surface area contributed by atoms with Gasteiger partial charge in [-0.1, -0.05) is 23.7 Å². The van der Waals surface area contributed by atoms with E-state index in [1.165, 1.54) is 32.7 Å². The van der Waals surface area contributed by atoms with Crippen LogP contribution in [0.3, 0.4) is 0 Å². The Bertz CT molecular complexity index is 1320. The first kappa shape index (κ1) is 14.7. The van der Waals surface area contributed by atoms with Crippen LogP contribution in [0.4, 0.5) is 0 Å². The van der Waals surface area contributed by atoms with Crippen molar-refractivity contribution >= 4 is 28.3 Å². The molecule has 0 radical (unpaired) electrons. The van der Waals surface area contributed by atoms with Crippen molar-refractivity contribution in [2.75, 3.05) is 0 Å². The van der Waals surface area contributed by atoms with Gasteiger partial charge in [-0.25, -0.2) is 14.3 Å². The number of hydrogen-bond donors (Lipinski definition) is 0. The van der Waals surface area contributed by atoms with Gasteiger partial charge in [-0.15, -0.1) is 15.3 Å². The van der Waals surface area contributed by atoms with Crippen LogP contribution in [0.15, 0.2) is 60.2 Å². The lowest BCUT2D eigenvalue weighted by Crippen LogP contribution is -2.25. The number of halogens is 1. The molecule has 0 bridgehead atoms. The van der Waals surface area contributed by atoms with E-state index in [1.54, 1.807) is 18.3 Å². The molecule has 9 nitrogen and oxygen atoms in total. The van der Waals surface area contributed by atoms with Crippen LogP contribution in [0, 0.1) is 0 Å². The summed E-state index contributed by atoms with van der Waals surface area (Å²) in [6.45, 7) is 0. The number of hydrogen-bond acceptors (Lipinski definition) is 6. The molecule has 26 heavy (non-hydrogen) atoms. The third-order valence-corrected chi connectivity index (χ3v) is 4.32. The van der Waals surface area contributed by atoms with Gasteiger partial charge >= 0.3 is 0 Å². The van der Waals surface area contributed by atoms with Gasteiger partial charge in [0, 0.05) is 18.0 Å². The zero-order chi connectivity index (χ0) is 17.7. The molecular formula is C16H9ClN8O. The second-order valence-corrected chi connectivity index (χ2v) is 5.90. The Balaban J connectivity index is 1.77. The van der Waals surface area contributed by atoms with Gasteiger partial charge in [0.05, 0.1) is 15.9 Å². The molecule has 0 aliphatic rings. The van der Waals surface area contributed by atoms with Crippen LogP contribution < -0.4 is 5.56 Å². The lowest BCUT2D eigenvalue weighted by atomic mass is 10.2. The van der Waals surface area contributed by atoms with E-state index in [-0.39, 0.29) is 5.56 Å². The molecule has 4 aromatic heterocycles. The average molecular weight is 365 g/mol. The summed E-state index contributed by atoms with van der Waals surface area (Å²) in [4.78, 5) is 21.4. The molecule has 0 spiro atoms. The summed E-state index contributed by atoms with van der Waals surface area (Å²) < 4.78 is 4.39. The minimum absolute atomic E-state index is 0.272. The average Bonchev–Trinajstić information content (AvgIpc) is 3.32. The second kappa shape index (κ2) is 5.46. The first-order chi connectivity index (χ1) is 12.7. The fourth-order valence-corrected chi connectivity index (χ4v) is 2.97. The Morgan fingerprint density at radius 1 is 1.04 bits per heavy atom. The molecule has 5 rings (SSSR count). The largest absolute Gasteiger partial charge is 0.280 e. The van der Waals surface area contributed by atoms with Gasteiger partial charge < -0.3 is 0 Å². The Kier molecular flexibility index (Phi) is 3.09. The summed E-state index contributed by atoms with van der Waals surface area (Å²) in [5, 5.41) is 12.8. The third kappa shape index (κ3) is 2.11. The minimum Gasteiger partial charge on any atom is -0.267 e. The molecule has 0 amide bonds. The van der Waals surface area contributed by atoms with Gasteiger partial charge in [-0.2, -0.15) is 9.50 Å². The quantitative estimate of drug-likeness (QED) is 0.472. The van der Waals surface area contributed by atoms with Gasteiger partial charge in [0.1, 0.15) is 12.7 Å². The minimum atomic E-state index is -0.272. The molecule has 0 saturated heterocycles. The van der Waals surface area contributed by atoms with Gasteiger partial charge in [-0.3, -0.25) is 4.79 Å². The van der Waals surface area contributed by atoms with Crippen molar-refractivity contribution in [2.45, 2.75) is 0 Å². The number of fused-ring (bicyclic) bond motifs is 3. The fraction of sp³-hybridized carbons (Fsp3) is 0. The summed E-state index contributed by atoms with van der Waals surface area (Å²) in [6, 6.07) is 9.06. The Morgan fingerprint density at radius 2 is 1.85 bits per heavy atom. The predicted octanol–water partition coefficient (Wildman–Crippen LogP) is 1.66. The van der Waals surface area contributed by atoms with Crippen LogP contribution in [0.25, 0.3) is 28.1 Å². The molecule has 10 heteroatoms. The maximum absolute atomic E-state index is 12.8. The zero-order valence-electron chi connectivity index (χ0n) is 13.1. The smallest absolute Gasteiger partial charge is 0.267 e. The van der Waals surface area contributed by atoms with Crippen molar-refractivity contribution in [3.63, 3.8) is 0 Å². The fourth-order valence-electron chi connectivity index (χ4n) is 2.75. The number of aromatic nitrogens is 8. The summed E-state index contributed by atoms with van der Waals surface area (Å²) in [7, 11) is 0. The Hall–Kier alpha value is -3.59. The first-order valence-corrected chi connectivity index (χ1v) is 7.97. The van der Waals surface area contributed by atoms with Gasteiger partial charge in [-0.05, 0) is 18.2 Å². The highest BCUT2D eigenvalue weighted by Crippen LogP contribution is 2.25. The summed E-state index contributed by atoms with van der Waals surface area (Å²) >= 11 is 6.23. The Labute approximate surface area is 150 Å². The van der Waals surface area contributed by atoms with Crippen LogP contribution in [0.5, 0.6) is 0 Å². The van der Waals surface area contributed by atoms with Crippen molar-refractivity contribution < 1.29 is 0 Å². The van der Waals surface area contributed by atoms with Gasteiger partial charge in [0.25, 0.3) is 11.3 Å². The topological polar surface area (TPSA) is 95.8 Å². The highest BCUT2D eigenvalue weighted by atomic mass is 35.5. The maximum Gasteiger partial charge on any atom is 0.280 e. The summed E-state index contributed by atoms with van der Waals surface area (Å²) in [5.41, 5.74) is 1.02. The van der Waals surface area contributed by atoms with E-state index in [2.05, 4.69) is 25.3 Å². The number of nitrogens with zero attached hydrogens (tertiary/aromatic N) is 8. The van der Waals surface area contributed by atoms with Crippen molar-refractivity contribution in [1.29, 1.82) is 0 Å². The van der Waals surface area contributed by atoms with E-state index in [1.807, 2.05) is 18.2 Å². The van der Waals surface area contributed by atoms with Crippen LogP contribution >= 0.6 is 11.6 Å². The van der Waals surface area contributed by atoms with Crippen LogP contribution in [0.1, 0.15) is 0 Å². The van der Waals surface area contributed by atoms with E-state index in [0.29, 0.717) is 33.1 Å². The molecule has 0 unspecified atom stereocenters. The molecule has 0 aliphatic heterocycles. The summed E-state index contributed by atoms with van der Waals surface area (Å²) in [6.07, 6.45) is 5.97. The normalized spacial score (nSPS) is 11.4. The molecule has 0 aliphatic carbocycles. The molecule has 5 aromatic rings.